The maximum absolute atomic E-state index is 10.4. The fraction of sp³-hybridized carbons (Fsp3) is 0.238. The second-order valence-corrected chi connectivity index (χ2v) is 6.40. The quantitative estimate of drug-likeness (QED) is 0.714. The Morgan fingerprint density at radius 1 is 1.15 bits per heavy atom. The third-order valence-corrected chi connectivity index (χ3v) is 4.32. The molecular formula is C21H22N4O. The number of benzene rings is 2. The molecule has 3 rings (SSSR count). The molecule has 0 aliphatic heterocycles. The molecule has 1 unspecified atom stereocenters. The van der Waals surface area contributed by atoms with E-state index in [2.05, 4.69) is 27.8 Å². The minimum Gasteiger partial charge on any atom is -0.387 e. The number of aliphatic hydroxyl groups is 1. The summed E-state index contributed by atoms with van der Waals surface area (Å²) in [5.74, 6) is 0.961. The molecule has 0 aliphatic rings. The second kappa shape index (κ2) is 8.43. The molecule has 0 saturated carbocycles. The van der Waals surface area contributed by atoms with Crippen LogP contribution in [0.3, 0.4) is 0 Å². The SMILES string of the molecule is CN(Cc1nccn1Cc1ccccc1)CC(O)c1ccc(C#N)cc1. The van der Waals surface area contributed by atoms with E-state index >= 15 is 0 Å². The molecule has 132 valence electrons. The zero-order valence-corrected chi connectivity index (χ0v) is 14.8. The van der Waals surface area contributed by atoms with Gasteiger partial charge in [-0.2, -0.15) is 5.26 Å². The van der Waals surface area contributed by atoms with Crippen molar-refractivity contribution in [3.05, 3.63) is 89.5 Å². The molecule has 1 heterocycles. The molecule has 5 heteroatoms. The number of nitrogens with zero attached hydrogens (tertiary/aromatic N) is 4. The van der Waals surface area contributed by atoms with Crippen molar-refractivity contribution >= 4 is 0 Å². The van der Waals surface area contributed by atoms with Gasteiger partial charge < -0.3 is 9.67 Å². The van der Waals surface area contributed by atoms with Crippen LogP contribution in [0.25, 0.3) is 0 Å². The van der Waals surface area contributed by atoms with Crippen LogP contribution in [0.15, 0.2) is 67.0 Å². The first-order valence-corrected chi connectivity index (χ1v) is 8.56. The van der Waals surface area contributed by atoms with Crippen LogP contribution in [-0.4, -0.2) is 33.1 Å². The van der Waals surface area contributed by atoms with Gasteiger partial charge in [-0.05, 0) is 30.3 Å². The summed E-state index contributed by atoms with van der Waals surface area (Å²) in [6.07, 6.45) is 3.18. The summed E-state index contributed by atoms with van der Waals surface area (Å²) >= 11 is 0. The van der Waals surface area contributed by atoms with Gasteiger partial charge in [-0.25, -0.2) is 4.98 Å². The monoisotopic (exact) mass is 346 g/mol. The highest BCUT2D eigenvalue weighted by Gasteiger charge is 2.13. The maximum Gasteiger partial charge on any atom is 0.123 e. The van der Waals surface area contributed by atoms with Crippen LogP contribution in [0.5, 0.6) is 0 Å². The van der Waals surface area contributed by atoms with E-state index in [1.165, 1.54) is 5.56 Å². The Balaban J connectivity index is 1.60. The largest absolute Gasteiger partial charge is 0.387 e. The number of aliphatic hydroxyl groups excluding tert-OH is 1. The number of hydrogen-bond donors (Lipinski definition) is 1. The predicted molar refractivity (Wildman–Crippen MR) is 100 cm³/mol. The van der Waals surface area contributed by atoms with Crippen molar-refractivity contribution in [3.8, 4) is 6.07 Å². The van der Waals surface area contributed by atoms with Crippen LogP contribution in [0.2, 0.25) is 0 Å². The Kier molecular flexibility index (Phi) is 5.80. The van der Waals surface area contributed by atoms with Crippen molar-refractivity contribution in [2.75, 3.05) is 13.6 Å². The molecule has 26 heavy (non-hydrogen) atoms. The molecule has 0 aliphatic carbocycles. The molecule has 0 amide bonds. The summed E-state index contributed by atoms with van der Waals surface area (Å²) in [5, 5.41) is 19.3. The maximum atomic E-state index is 10.4. The Morgan fingerprint density at radius 3 is 2.58 bits per heavy atom. The first kappa shape index (κ1) is 17.9. The minimum absolute atomic E-state index is 0.490. The van der Waals surface area contributed by atoms with Gasteiger partial charge in [0.15, 0.2) is 0 Å². The van der Waals surface area contributed by atoms with E-state index in [4.69, 9.17) is 5.26 Å². The van der Waals surface area contributed by atoms with Crippen molar-refractivity contribution in [2.45, 2.75) is 19.2 Å². The lowest BCUT2D eigenvalue weighted by Gasteiger charge is -2.21. The first-order chi connectivity index (χ1) is 12.7. The van der Waals surface area contributed by atoms with Crippen LogP contribution in [-0.2, 0) is 13.1 Å². The topological polar surface area (TPSA) is 65.1 Å². The molecule has 0 bridgehead atoms. The molecule has 1 atom stereocenters. The third kappa shape index (κ3) is 4.57. The number of rotatable bonds is 7. The van der Waals surface area contributed by atoms with E-state index in [0.717, 1.165) is 17.9 Å². The second-order valence-electron chi connectivity index (χ2n) is 6.40. The third-order valence-electron chi connectivity index (χ3n) is 4.32. The molecule has 5 nitrogen and oxygen atoms in total. The highest BCUT2D eigenvalue weighted by molar-refractivity contribution is 5.32. The summed E-state index contributed by atoms with van der Waals surface area (Å²) in [7, 11) is 1.97. The van der Waals surface area contributed by atoms with Crippen molar-refractivity contribution in [1.82, 2.24) is 14.5 Å². The molecule has 0 fully saturated rings. The van der Waals surface area contributed by atoms with Crippen molar-refractivity contribution < 1.29 is 5.11 Å². The Labute approximate surface area is 153 Å². The lowest BCUT2D eigenvalue weighted by atomic mass is 10.1. The predicted octanol–water partition coefficient (Wildman–Crippen LogP) is 2.97. The fourth-order valence-electron chi connectivity index (χ4n) is 2.90. The van der Waals surface area contributed by atoms with E-state index in [1.54, 1.807) is 24.3 Å². The number of likely N-dealkylation sites (N-methyl/N-ethyl adjacent to an activating group) is 1. The van der Waals surface area contributed by atoms with E-state index < -0.39 is 6.10 Å². The van der Waals surface area contributed by atoms with Gasteiger partial charge in [-0.3, -0.25) is 4.90 Å². The molecule has 3 aromatic rings. The van der Waals surface area contributed by atoms with Crippen molar-refractivity contribution in [2.24, 2.45) is 0 Å². The molecule has 0 saturated heterocycles. The molecule has 1 aromatic heterocycles. The van der Waals surface area contributed by atoms with E-state index in [9.17, 15) is 5.11 Å². The summed E-state index contributed by atoms with van der Waals surface area (Å²) < 4.78 is 2.12. The molecule has 1 N–H and O–H groups in total. The average Bonchev–Trinajstić information content (AvgIpc) is 3.09. The summed E-state index contributed by atoms with van der Waals surface area (Å²) in [4.78, 5) is 6.51. The van der Waals surface area contributed by atoms with Crippen molar-refractivity contribution in [3.63, 3.8) is 0 Å². The van der Waals surface area contributed by atoms with E-state index in [-0.39, 0.29) is 0 Å². The number of hydrogen-bond acceptors (Lipinski definition) is 4. The Hall–Kier alpha value is -2.94. The smallest absolute Gasteiger partial charge is 0.123 e. The zero-order valence-electron chi connectivity index (χ0n) is 14.8. The molecule has 2 aromatic carbocycles. The van der Waals surface area contributed by atoms with Crippen LogP contribution >= 0.6 is 0 Å². The van der Waals surface area contributed by atoms with E-state index in [1.807, 2.05) is 42.5 Å². The zero-order chi connectivity index (χ0) is 18.4. The van der Waals surface area contributed by atoms with Crippen LogP contribution < -0.4 is 0 Å². The van der Waals surface area contributed by atoms with Crippen molar-refractivity contribution in [1.29, 1.82) is 5.26 Å². The van der Waals surface area contributed by atoms with Gasteiger partial charge in [0.25, 0.3) is 0 Å². The van der Waals surface area contributed by atoms with Gasteiger partial charge in [0.1, 0.15) is 5.82 Å². The normalized spacial score (nSPS) is 12.1. The fourth-order valence-corrected chi connectivity index (χ4v) is 2.90. The van der Waals surface area contributed by atoms with Gasteiger partial charge >= 0.3 is 0 Å². The van der Waals surface area contributed by atoms with Gasteiger partial charge in [-0.1, -0.05) is 42.5 Å². The standard InChI is InChI=1S/C21H22N4O/c1-24(15-20(26)19-9-7-17(13-22)8-10-19)16-21-23-11-12-25(21)14-18-5-3-2-4-6-18/h2-12,20,26H,14-16H2,1H3. The molecular weight excluding hydrogens is 324 g/mol. The number of aromatic nitrogens is 2. The number of imidazole rings is 1. The minimum atomic E-state index is -0.606. The highest BCUT2D eigenvalue weighted by atomic mass is 16.3. The molecule has 0 spiro atoms. The summed E-state index contributed by atoms with van der Waals surface area (Å²) in [6, 6.07) is 19.4. The van der Waals surface area contributed by atoms with Gasteiger partial charge in [-0.15, -0.1) is 0 Å². The lowest BCUT2D eigenvalue weighted by Crippen LogP contribution is -2.26. The van der Waals surface area contributed by atoms with Gasteiger partial charge in [0, 0.05) is 25.5 Å². The number of nitriles is 1. The Bertz CT molecular complexity index is 865. The van der Waals surface area contributed by atoms with Gasteiger partial charge in [0.2, 0.25) is 0 Å². The van der Waals surface area contributed by atoms with Crippen LogP contribution in [0.4, 0.5) is 0 Å². The Morgan fingerprint density at radius 2 is 1.88 bits per heavy atom. The van der Waals surface area contributed by atoms with Gasteiger partial charge in [0.05, 0.1) is 24.3 Å². The van der Waals surface area contributed by atoms with E-state index in [0.29, 0.717) is 18.7 Å². The molecule has 0 radical (unpaired) electrons. The summed E-state index contributed by atoms with van der Waals surface area (Å²) in [5.41, 5.74) is 2.63. The average molecular weight is 346 g/mol. The van der Waals surface area contributed by atoms with Crippen LogP contribution in [0, 0.1) is 11.3 Å². The highest BCUT2D eigenvalue weighted by Crippen LogP contribution is 2.16. The lowest BCUT2D eigenvalue weighted by molar-refractivity contribution is 0.122. The summed E-state index contributed by atoms with van der Waals surface area (Å²) in [6.45, 7) is 1.92. The van der Waals surface area contributed by atoms with Crippen LogP contribution in [0.1, 0.15) is 28.6 Å². The first-order valence-electron chi connectivity index (χ1n) is 8.56.